The number of carbonyl (C=O) groups is 8. The van der Waals surface area contributed by atoms with Crippen LogP contribution in [0.15, 0.2) is 140 Å². The van der Waals surface area contributed by atoms with Gasteiger partial charge in [0.05, 0.1) is 77.7 Å². The Balaban J connectivity index is 0.000000144. The van der Waals surface area contributed by atoms with Crippen molar-refractivity contribution in [2.24, 2.45) is 7.05 Å². The van der Waals surface area contributed by atoms with Gasteiger partial charge in [-0.25, -0.2) is 9.18 Å². The molecule has 0 saturated carbocycles. The van der Waals surface area contributed by atoms with E-state index >= 15 is 0 Å². The number of aryl methyl sites for hydroxylation is 3. The molecule has 28 heteroatoms. The molecule has 0 bridgehead atoms. The zero-order valence-corrected chi connectivity index (χ0v) is 83.0. The summed E-state index contributed by atoms with van der Waals surface area (Å²) in [7, 11) is 2.00. The molecule has 0 N–H and O–H groups in total. The van der Waals surface area contributed by atoms with E-state index in [2.05, 4.69) is 87.7 Å². The van der Waals surface area contributed by atoms with Gasteiger partial charge in [-0.15, -0.1) is 0 Å². The standard InChI is InChI=1S/2C15H17ClN2O.C13H14F3NO.C13H17NO.C12H14ClNO.C12H14FNO.C11H15ClN2O.C11H16N2O/c1-15(2,3)18-8-11-13(14(18)19)12-9(16)6-5-7-10(12)17(11)4;1-15(2,3)18-9-8-17-11-7-5-4-6-10(11)12(16)13(17)14(18)19;1-12(2,3)17-7-8-5-4-6-9(13(14,15)16)10(8)11(17)18;1-9-6-5-7-10-8-14(13(2,3)4)12(15)11(9)10;2*1-12(2,3)14-7-8-5-4-6-9(13)10(8)11(14)15;1-11(2,3)14-7-6-13-5-4-8(12)9(13)10(14)15;1-8-5-6-9-7-12(11(2,3)4)10(14)13(8)9/h5-7H,8H2,1-4H3;4-7H,8-9H2,1-3H3;4-6H,7H2,1-3H3;5-7H,8H2,1-4H3;2*4-6H,7H2,1-3H3;4-5H,6-7H2,1-3H3;5-6H,7H2,1-4H3. The fraction of sp³-hybridized carbons (Fsp3) is 0.451. The van der Waals surface area contributed by atoms with Crippen molar-refractivity contribution in [3.8, 4) is 0 Å². The van der Waals surface area contributed by atoms with Gasteiger partial charge in [0.25, 0.3) is 41.4 Å². The molecule has 18 rings (SSSR count). The molecule has 20 nitrogen and oxygen atoms in total. The summed E-state index contributed by atoms with van der Waals surface area (Å²) >= 11 is 24.7. The number of nitrogens with zero attached hydrogens (tertiary/aromatic N) is 12. The molecule has 0 radical (unpaired) electrons. The summed E-state index contributed by atoms with van der Waals surface area (Å²) in [5, 5.41) is 4.19. The number of halogens is 8. The minimum Gasteiger partial charge on any atom is -0.345 e. The lowest BCUT2D eigenvalue weighted by Gasteiger charge is -2.39. The van der Waals surface area contributed by atoms with Crippen LogP contribution in [-0.2, 0) is 65.6 Å². The number of hydrogen-bond acceptors (Lipinski definition) is 8. The summed E-state index contributed by atoms with van der Waals surface area (Å²) in [6.45, 7) is 58.9. The van der Waals surface area contributed by atoms with Crippen LogP contribution < -0.4 is 0 Å². The second kappa shape index (κ2) is 36.6. The van der Waals surface area contributed by atoms with Crippen LogP contribution in [0.2, 0.25) is 20.1 Å². The summed E-state index contributed by atoms with van der Waals surface area (Å²) in [4.78, 5) is 112. The SMILES string of the molecule is CC(C)(C)N1CCn2c(c(Cl)c3ccccc32)C1=O.CC(C)(C)N1CCn2ccc(Cl)c2C1=O.CC(C)(C)N1Cc2cccc(C(F)(F)F)c2C1=O.CC(C)(C)N1Cc2cccc(Cl)c2C1=O.CC(C)(C)N1Cc2cccc(F)c2C1=O.Cc1ccc2n1C(=O)N(C(C)(C)C)C2.Cc1cccc2c1C(=O)N(C(C)(C)C)C2.Cn1c2c(c3c(Cl)cccc31)C(=O)N(C(C)(C)C)C2. The van der Waals surface area contributed by atoms with Gasteiger partial charge in [-0.3, -0.25) is 38.1 Å². The second-order valence-corrected chi connectivity index (χ2v) is 43.6. The number of alkyl halides is 3. The average molecular weight is 1860 g/mol. The maximum atomic E-state index is 13.5. The van der Waals surface area contributed by atoms with Crippen LogP contribution in [0.25, 0.3) is 21.8 Å². The van der Waals surface area contributed by atoms with E-state index in [1.807, 2.05) is 240 Å². The summed E-state index contributed by atoms with van der Waals surface area (Å²) in [5.41, 5.74) is 11.0. The lowest BCUT2D eigenvalue weighted by atomic mass is 10.0. The third-order valence-corrected chi connectivity index (χ3v) is 25.8. The van der Waals surface area contributed by atoms with E-state index in [0.29, 0.717) is 62.2 Å². The Morgan fingerprint density at radius 2 is 0.746 bits per heavy atom. The van der Waals surface area contributed by atoms with Crippen molar-refractivity contribution in [1.82, 2.24) is 57.5 Å². The smallest absolute Gasteiger partial charge is 0.345 e. The fourth-order valence-corrected chi connectivity index (χ4v) is 18.5. The van der Waals surface area contributed by atoms with Crippen LogP contribution in [0.1, 0.15) is 289 Å². The monoisotopic (exact) mass is 1860 g/mol. The Kier molecular flexibility index (Phi) is 28.2. The highest BCUT2D eigenvalue weighted by molar-refractivity contribution is 6.39. The molecule has 696 valence electrons. The van der Waals surface area contributed by atoms with Crippen molar-refractivity contribution in [2.45, 2.75) is 283 Å². The highest BCUT2D eigenvalue weighted by atomic mass is 35.5. The van der Waals surface area contributed by atoms with E-state index in [1.54, 1.807) is 33.7 Å². The number of carbonyl (C=O) groups excluding carboxylic acids is 8. The highest BCUT2D eigenvalue weighted by Crippen LogP contribution is 2.44. The third kappa shape index (κ3) is 20.3. The maximum absolute atomic E-state index is 13.5. The van der Waals surface area contributed by atoms with Gasteiger partial charge in [-0.2, -0.15) is 13.2 Å². The predicted molar refractivity (Wildman–Crippen MR) is 510 cm³/mol. The van der Waals surface area contributed by atoms with E-state index in [9.17, 15) is 55.9 Å². The molecule has 0 spiro atoms. The van der Waals surface area contributed by atoms with Crippen molar-refractivity contribution in [3.05, 3.63) is 255 Å². The summed E-state index contributed by atoms with van der Waals surface area (Å²) < 4.78 is 59.9. The minimum atomic E-state index is -4.49. The van der Waals surface area contributed by atoms with E-state index in [4.69, 9.17) is 46.4 Å². The molecule has 8 aliphatic rings. The van der Waals surface area contributed by atoms with Gasteiger partial charge in [-0.1, -0.05) is 125 Å². The van der Waals surface area contributed by atoms with Crippen molar-refractivity contribution in [2.75, 3.05) is 13.1 Å². The Bertz CT molecular complexity index is 5880. The fourth-order valence-electron chi connectivity index (χ4n) is 17.3. The first-order chi connectivity index (χ1) is 59.9. The van der Waals surface area contributed by atoms with Gasteiger partial charge in [0.1, 0.15) is 17.2 Å². The molecule has 6 aromatic carbocycles. The molecule has 4 aromatic heterocycles. The van der Waals surface area contributed by atoms with Gasteiger partial charge in [0, 0.05) is 138 Å². The number of benzene rings is 6. The maximum Gasteiger partial charge on any atom is 0.417 e. The van der Waals surface area contributed by atoms with Gasteiger partial charge < -0.3 is 52.9 Å². The van der Waals surface area contributed by atoms with Crippen LogP contribution in [0.3, 0.4) is 0 Å². The van der Waals surface area contributed by atoms with Gasteiger partial charge >= 0.3 is 12.2 Å². The molecule has 0 aliphatic carbocycles. The van der Waals surface area contributed by atoms with Crippen LogP contribution in [-0.4, -0.2) is 162 Å². The number of hydrogen-bond donors (Lipinski definition) is 0. The van der Waals surface area contributed by atoms with Crippen LogP contribution >= 0.6 is 46.4 Å². The van der Waals surface area contributed by atoms with Crippen LogP contribution in [0.5, 0.6) is 0 Å². The Morgan fingerprint density at radius 1 is 0.338 bits per heavy atom. The molecule has 0 fully saturated rings. The van der Waals surface area contributed by atoms with Crippen LogP contribution in [0, 0.1) is 19.7 Å². The molecular formula is C102H124Cl4F4N12O8. The van der Waals surface area contributed by atoms with Crippen molar-refractivity contribution < 1.29 is 55.9 Å². The molecule has 0 atom stereocenters. The molecule has 0 unspecified atom stereocenters. The van der Waals surface area contributed by atoms with Crippen molar-refractivity contribution in [1.29, 1.82) is 0 Å². The molecule has 12 heterocycles. The number of rotatable bonds is 0. The molecule has 8 aliphatic heterocycles. The Labute approximate surface area is 782 Å². The average Bonchev–Trinajstić information content (AvgIpc) is 1.57. The second-order valence-electron chi connectivity index (χ2n) is 42.0. The number of para-hydroxylation sites is 1. The van der Waals surface area contributed by atoms with Crippen molar-refractivity contribution >= 4 is 116 Å². The first-order valence-corrected chi connectivity index (χ1v) is 45.3. The van der Waals surface area contributed by atoms with E-state index in [0.717, 1.165) is 118 Å². The first-order valence-electron chi connectivity index (χ1n) is 43.8. The minimum absolute atomic E-state index is 0.0277. The molecule has 130 heavy (non-hydrogen) atoms. The Hall–Kier alpha value is -10.4. The summed E-state index contributed by atoms with van der Waals surface area (Å²) in [5.74, 6) is -0.783. The lowest BCUT2D eigenvalue weighted by molar-refractivity contribution is -0.138. The van der Waals surface area contributed by atoms with E-state index in [-0.39, 0.29) is 97.9 Å². The van der Waals surface area contributed by atoms with E-state index in [1.165, 1.54) is 17.0 Å². The number of aromatic nitrogens is 4. The molecule has 0 saturated heterocycles. The van der Waals surface area contributed by atoms with E-state index < -0.39 is 29.0 Å². The van der Waals surface area contributed by atoms with Crippen LogP contribution in [0.4, 0.5) is 22.4 Å². The number of amides is 8. The molecular weight excluding hydrogens is 1740 g/mol. The number of fused-ring (bicyclic) bond motifs is 12. The van der Waals surface area contributed by atoms with Gasteiger partial charge in [0.15, 0.2) is 0 Å². The molecule has 10 aromatic rings. The highest BCUT2D eigenvalue weighted by Gasteiger charge is 2.46. The lowest BCUT2D eigenvalue weighted by Crippen LogP contribution is -2.50. The zero-order valence-electron chi connectivity index (χ0n) is 80.0. The topological polar surface area (TPSA) is 182 Å². The Morgan fingerprint density at radius 3 is 1.24 bits per heavy atom. The predicted octanol–water partition coefficient (Wildman–Crippen LogP) is 23.8. The normalized spacial score (nSPS) is 16.0. The van der Waals surface area contributed by atoms with Gasteiger partial charge in [0.2, 0.25) is 0 Å². The summed E-state index contributed by atoms with van der Waals surface area (Å²) in [6.07, 6.45) is -2.62. The first kappa shape index (κ1) is 100. The van der Waals surface area contributed by atoms with Crippen molar-refractivity contribution in [3.63, 3.8) is 0 Å². The summed E-state index contributed by atoms with van der Waals surface area (Å²) in [6, 6.07) is 40.0. The quantitative estimate of drug-likeness (QED) is 0.134. The largest absolute Gasteiger partial charge is 0.417 e. The van der Waals surface area contributed by atoms with Gasteiger partial charge in [-0.05, 0) is 262 Å². The zero-order chi connectivity index (χ0) is 96.8. The molecule has 8 amide bonds. The third-order valence-electron chi connectivity index (χ3n) is 24.4.